The van der Waals surface area contributed by atoms with Gasteiger partial charge in [0, 0.05) is 25.6 Å². The number of thioether (sulfide) groups is 1. The summed E-state index contributed by atoms with van der Waals surface area (Å²) in [7, 11) is 1.52. The summed E-state index contributed by atoms with van der Waals surface area (Å²) in [6.45, 7) is 0. The average Bonchev–Trinajstić information content (AvgIpc) is 2.97. The molecule has 0 radical (unpaired) electrons. The number of rotatable bonds is 10. The number of hydrogen-bond acceptors (Lipinski definition) is 5. The summed E-state index contributed by atoms with van der Waals surface area (Å²) in [5, 5.41) is 8.84. The van der Waals surface area contributed by atoms with E-state index in [1.54, 1.807) is 72.8 Å². The van der Waals surface area contributed by atoms with Crippen molar-refractivity contribution in [1.29, 1.82) is 0 Å². The predicted octanol–water partition coefficient (Wildman–Crippen LogP) is 7.25. The molecule has 4 aromatic rings. The number of carbonyl (C=O) groups excluding carboxylic acids is 3. The van der Waals surface area contributed by atoms with Crippen LogP contribution in [0.25, 0.3) is 6.08 Å². The first kappa shape index (κ1) is 29.9. The van der Waals surface area contributed by atoms with Crippen molar-refractivity contribution >= 4 is 74.5 Å². The Kier molecular flexibility index (Phi) is 10.6. The second-order valence-electron chi connectivity index (χ2n) is 8.59. The van der Waals surface area contributed by atoms with Crippen LogP contribution in [0.3, 0.4) is 0 Å². The minimum atomic E-state index is -0.482. The van der Waals surface area contributed by atoms with Gasteiger partial charge in [-0.3, -0.25) is 14.4 Å². The van der Waals surface area contributed by atoms with E-state index in [-0.39, 0.29) is 17.4 Å². The molecule has 4 aromatic carbocycles. The molecule has 208 valence electrons. The third-order valence-electron chi connectivity index (χ3n) is 5.61. The predicted molar refractivity (Wildman–Crippen MR) is 168 cm³/mol. The van der Waals surface area contributed by atoms with Gasteiger partial charge >= 0.3 is 0 Å². The molecule has 0 saturated heterocycles. The standard InChI is InChI=1S/C31H25BrClN3O4S/c1-40-28-15-10-23(33)18-26(28)35-29(37)19-41-25-13-11-24(12-14-25)34-31(39)27(17-20-6-5-9-22(32)16-20)36-30(38)21-7-3-2-4-8-21/h2-18H,19H2,1H3,(H,34,39)(H,35,37)(H,36,38)/b27-17-. The summed E-state index contributed by atoms with van der Waals surface area (Å²) in [5.74, 6) is -0.427. The van der Waals surface area contributed by atoms with Gasteiger partial charge in [0.2, 0.25) is 5.91 Å². The number of ether oxygens (including phenoxy) is 1. The van der Waals surface area contributed by atoms with E-state index in [1.807, 2.05) is 30.3 Å². The van der Waals surface area contributed by atoms with Crippen molar-refractivity contribution in [2.45, 2.75) is 4.90 Å². The number of carbonyl (C=O) groups is 3. The van der Waals surface area contributed by atoms with Crippen LogP contribution in [-0.4, -0.2) is 30.6 Å². The van der Waals surface area contributed by atoms with Crippen LogP contribution in [0.5, 0.6) is 5.75 Å². The fourth-order valence-corrected chi connectivity index (χ4v) is 4.94. The molecule has 0 saturated carbocycles. The van der Waals surface area contributed by atoms with E-state index in [9.17, 15) is 14.4 Å². The van der Waals surface area contributed by atoms with E-state index >= 15 is 0 Å². The minimum Gasteiger partial charge on any atom is -0.495 e. The molecule has 10 heteroatoms. The zero-order chi connectivity index (χ0) is 29.2. The average molecular weight is 651 g/mol. The molecule has 0 aliphatic rings. The second kappa shape index (κ2) is 14.5. The first-order valence-electron chi connectivity index (χ1n) is 12.3. The van der Waals surface area contributed by atoms with E-state index < -0.39 is 11.8 Å². The Bertz CT molecular complexity index is 1580. The zero-order valence-electron chi connectivity index (χ0n) is 21.8. The Hall–Kier alpha value is -4.05. The van der Waals surface area contributed by atoms with Gasteiger partial charge in [0.15, 0.2) is 0 Å². The first-order valence-corrected chi connectivity index (χ1v) is 14.5. The SMILES string of the molecule is COc1ccc(Cl)cc1NC(=O)CSc1ccc(NC(=O)/C(=C/c2cccc(Br)c2)NC(=O)c2ccccc2)cc1. The van der Waals surface area contributed by atoms with Gasteiger partial charge in [-0.15, -0.1) is 11.8 Å². The maximum Gasteiger partial charge on any atom is 0.272 e. The van der Waals surface area contributed by atoms with E-state index in [0.717, 1.165) is 14.9 Å². The van der Waals surface area contributed by atoms with Crippen molar-refractivity contribution in [1.82, 2.24) is 5.32 Å². The van der Waals surface area contributed by atoms with Crippen LogP contribution in [0.2, 0.25) is 5.02 Å². The lowest BCUT2D eigenvalue weighted by Gasteiger charge is -2.12. The van der Waals surface area contributed by atoms with Gasteiger partial charge in [0.05, 0.1) is 18.6 Å². The highest BCUT2D eigenvalue weighted by Gasteiger charge is 2.15. The number of benzene rings is 4. The van der Waals surface area contributed by atoms with Crippen LogP contribution in [0.15, 0.2) is 112 Å². The van der Waals surface area contributed by atoms with Crippen LogP contribution in [0, 0.1) is 0 Å². The summed E-state index contributed by atoms with van der Waals surface area (Å²) in [6, 6.07) is 28.1. The Morgan fingerprint density at radius 3 is 2.37 bits per heavy atom. The van der Waals surface area contributed by atoms with Gasteiger partial charge in [-0.2, -0.15) is 0 Å². The summed E-state index contributed by atoms with van der Waals surface area (Å²) < 4.78 is 6.11. The molecule has 3 amide bonds. The Morgan fingerprint density at radius 1 is 0.902 bits per heavy atom. The maximum absolute atomic E-state index is 13.2. The highest BCUT2D eigenvalue weighted by atomic mass is 79.9. The van der Waals surface area contributed by atoms with Gasteiger partial charge in [0.25, 0.3) is 11.8 Å². The van der Waals surface area contributed by atoms with E-state index in [0.29, 0.717) is 27.7 Å². The first-order chi connectivity index (χ1) is 19.8. The van der Waals surface area contributed by atoms with Crippen molar-refractivity contribution in [3.05, 3.63) is 123 Å². The van der Waals surface area contributed by atoms with E-state index in [1.165, 1.54) is 18.9 Å². The number of amides is 3. The van der Waals surface area contributed by atoms with Gasteiger partial charge < -0.3 is 20.7 Å². The Balaban J connectivity index is 1.40. The molecule has 0 aliphatic carbocycles. The van der Waals surface area contributed by atoms with Crippen molar-refractivity contribution < 1.29 is 19.1 Å². The summed E-state index contributed by atoms with van der Waals surface area (Å²) in [5.41, 5.74) is 2.28. The molecule has 0 unspecified atom stereocenters. The van der Waals surface area contributed by atoms with Crippen LogP contribution >= 0.6 is 39.3 Å². The van der Waals surface area contributed by atoms with Crippen LogP contribution < -0.4 is 20.7 Å². The largest absolute Gasteiger partial charge is 0.495 e. The van der Waals surface area contributed by atoms with Crippen molar-refractivity contribution in [2.24, 2.45) is 0 Å². The molecule has 0 atom stereocenters. The van der Waals surface area contributed by atoms with Crippen LogP contribution in [0.1, 0.15) is 15.9 Å². The fourth-order valence-electron chi connectivity index (χ4n) is 3.65. The van der Waals surface area contributed by atoms with Crippen molar-refractivity contribution in [2.75, 3.05) is 23.5 Å². The zero-order valence-corrected chi connectivity index (χ0v) is 25.0. The molecule has 0 aliphatic heterocycles. The molecule has 0 heterocycles. The summed E-state index contributed by atoms with van der Waals surface area (Å²) >= 11 is 10.8. The van der Waals surface area contributed by atoms with Crippen LogP contribution in [-0.2, 0) is 9.59 Å². The molecule has 3 N–H and O–H groups in total. The Labute approximate surface area is 255 Å². The van der Waals surface area contributed by atoms with Gasteiger partial charge in [0.1, 0.15) is 11.4 Å². The number of hydrogen-bond donors (Lipinski definition) is 3. The van der Waals surface area contributed by atoms with Crippen LogP contribution in [0.4, 0.5) is 11.4 Å². The van der Waals surface area contributed by atoms with Crippen molar-refractivity contribution in [3.8, 4) is 5.75 Å². The highest BCUT2D eigenvalue weighted by molar-refractivity contribution is 9.10. The van der Waals surface area contributed by atoms with Gasteiger partial charge in [-0.1, -0.05) is 57.9 Å². The minimum absolute atomic E-state index is 0.0866. The number of anilines is 2. The number of halogens is 2. The third kappa shape index (κ3) is 8.97. The molecular weight excluding hydrogens is 626 g/mol. The van der Waals surface area contributed by atoms with Gasteiger partial charge in [-0.25, -0.2) is 0 Å². The monoisotopic (exact) mass is 649 g/mol. The molecule has 0 fully saturated rings. The van der Waals surface area contributed by atoms with Gasteiger partial charge in [-0.05, 0) is 78.4 Å². The smallest absolute Gasteiger partial charge is 0.272 e. The summed E-state index contributed by atoms with van der Waals surface area (Å²) in [6.07, 6.45) is 1.61. The molecule has 7 nitrogen and oxygen atoms in total. The fraction of sp³-hybridized carbons (Fsp3) is 0.0645. The molecule has 41 heavy (non-hydrogen) atoms. The topological polar surface area (TPSA) is 96.5 Å². The molecule has 0 aromatic heterocycles. The number of nitrogens with one attached hydrogen (secondary N) is 3. The van der Waals surface area contributed by atoms with Crippen molar-refractivity contribution in [3.63, 3.8) is 0 Å². The third-order valence-corrected chi connectivity index (χ3v) is 7.35. The molecule has 0 spiro atoms. The summed E-state index contributed by atoms with van der Waals surface area (Å²) in [4.78, 5) is 39.4. The highest BCUT2D eigenvalue weighted by Crippen LogP contribution is 2.28. The quantitative estimate of drug-likeness (QED) is 0.124. The molecular formula is C31H25BrClN3O4S. The molecule has 0 bridgehead atoms. The maximum atomic E-state index is 13.2. The lowest BCUT2D eigenvalue weighted by atomic mass is 10.1. The molecule has 4 rings (SSSR count). The normalized spacial score (nSPS) is 11.0. The lowest BCUT2D eigenvalue weighted by molar-refractivity contribution is -0.114. The lowest BCUT2D eigenvalue weighted by Crippen LogP contribution is -2.30. The van der Waals surface area contributed by atoms with E-state index in [4.69, 9.17) is 16.3 Å². The number of methoxy groups -OCH3 is 1. The second-order valence-corrected chi connectivity index (χ2v) is 11.0. The Morgan fingerprint density at radius 2 is 1.66 bits per heavy atom. The van der Waals surface area contributed by atoms with E-state index in [2.05, 4.69) is 31.9 Å².